The zero-order valence-corrected chi connectivity index (χ0v) is 8.19. The van der Waals surface area contributed by atoms with Gasteiger partial charge in [-0.1, -0.05) is 6.92 Å². The summed E-state index contributed by atoms with van der Waals surface area (Å²) in [5.74, 6) is -0.777. The molecule has 4 nitrogen and oxygen atoms in total. The number of aliphatic carboxylic acids is 1. The first-order valence-electron chi connectivity index (χ1n) is 4.75. The average molecular weight is 187 g/mol. The van der Waals surface area contributed by atoms with Gasteiger partial charge < -0.3 is 9.84 Å². The maximum Gasteiger partial charge on any atom is 0.323 e. The van der Waals surface area contributed by atoms with E-state index < -0.39 is 12.0 Å². The zero-order valence-electron chi connectivity index (χ0n) is 8.19. The van der Waals surface area contributed by atoms with Crippen LogP contribution in [0.3, 0.4) is 0 Å². The lowest BCUT2D eigenvalue weighted by Crippen LogP contribution is -2.54. The lowest BCUT2D eigenvalue weighted by Gasteiger charge is -2.36. The topological polar surface area (TPSA) is 49.8 Å². The van der Waals surface area contributed by atoms with E-state index in [1.165, 1.54) is 0 Å². The zero-order chi connectivity index (χ0) is 9.84. The quantitative estimate of drug-likeness (QED) is 0.701. The molecule has 0 radical (unpaired) electrons. The minimum atomic E-state index is -0.777. The monoisotopic (exact) mass is 187 g/mol. The van der Waals surface area contributed by atoms with Crippen LogP contribution < -0.4 is 0 Å². The van der Waals surface area contributed by atoms with Crippen molar-refractivity contribution in [3.8, 4) is 0 Å². The highest BCUT2D eigenvalue weighted by atomic mass is 16.5. The number of morpholine rings is 1. The van der Waals surface area contributed by atoms with Crippen molar-refractivity contribution in [3.63, 3.8) is 0 Å². The lowest BCUT2D eigenvalue weighted by atomic mass is 10.1. The maximum atomic E-state index is 10.9. The Morgan fingerprint density at radius 3 is 2.92 bits per heavy atom. The van der Waals surface area contributed by atoms with Gasteiger partial charge in [0, 0.05) is 6.54 Å². The maximum absolute atomic E-state index is 10.9. The summed E-state index contributed by atoms with van der Waals surface area (Å²) in [6, 6.07) is -0.464. The molecule has 0 aromatic heterocycles. The Bertz CT molecular complexity index is 182. The van der Waals surface area contributed by atoms with Crippen LogP contribution in [0.1, 0.15) is 20.3 Å². The molecule has 0 saturated carbocycles. The summed E-state index contributed by atoms with van der Waals surface area (Å²) in [6.45, 7) is 6.09. The van der Waals surface area contributed by atoms with Crippen molar-refractivity contribution in [1.82, 2.24) is 4.90 Å². The fraction of sp³-hybridized carbons (Fsp3) is 0.889. The summed E-state index contributed by atoms with van der Waals surface area (Å²) >= 11 is 0. The van der Waals surface area contributed by atoms with Gasteiger partial charge in [-0.05, 0) is 19.9 Å². The second-order valence-corrected chi connectivity index (χ2v) is 3.39. The van der Waals surface area contributed by atoms with Crippen molar-refractivity contribution in [3.05, 3.63) is 0 Å². The third-order valence-electron chi connectivity index (χ3n) is 2.36. The summed E-state index contributed by atoms with van der Waals surface area (Å²) in [5.41, 5.74) is 0. The largest absolute Gasteiger partial charge is 0.480 e. The summed E-state index contributed by atoms with van der Waals surface area (Å²) in [6.07, 6.45) is 0.786. The van der Waals surface area contributed by atoms with Gasteiger partial charge in [-0.2, -0.15) is 0 Å². The molecule has 1 saturated heterocycles. The van der Waals surface area contributed by atoms with Crippen molar-refractivity contribution in [2.45, 2.75) is 32.4 Å². The number of hydrogen-bond acceptors (Lipinski definition) is 3. The Morgan fingerprint density at radius 1 is 1.69 bits per heavy atom. The predicted molar refractivity (Wildman–Crippen MR) is 48.7 cm³/mol. The number of nitrogens with zero attached hydrogens (tertiary/aromatic N) is 1. The van der Waals surface area contributed by atoms with Crippen LogP contribution in [0.25, 0.3) is 0 Å². The third kappa shape index (κ3) is 2.42. The van der Waals surface area contributed by atoms with Gasteiger partial charge in [0.05, 0.1) is 12.7 Å². The number of carbonyl (C=O) groups is 1. The molecule has 1 aliphatic heterocycles. The van der Waals surface area contributed by atoms with Crippen LogP contribution in [0.5, 0.6) is 0 Å². The Balaban J connectivity index is 2.62. The summed E-state index contributed by atoms with van der Waals surface area (Å²) in [4.78, 5) is 12.9. The minimum absolute atomic E-state index is 0.196. The standard InChI is InChI=1S/C9H17NO3/c1-3-4-10-5-6-13-7(2)8(10)9(11)12/h7-8H,3-6H2,1-2H3,(H,11,12). The van der Waals surface area contributed by atoms with Crippen LogP contribution in [-0.4, -0.2) is 47.8 Å². The van der Waals surface area contributed by atoms with Gasteiger partial charge in [-0.25, -0.2) is 0 Å². The number of carboxylic acid groups (broad SMARTS) is 1. The average Bonchev–Trinajstić information content (AvgIpc) is 2.04. The van der Waals surface area contributed by atoms with Gasteiger partial charge in [0.15, 0.2) is 0 Å². The van der Waals surface area contributed by atoms with E-state index in [9.17, 15) is 4.79 Å². The molecule has 76 valence electrons. The Hall–Kier alpha value is -0.610. The first-order chi connectivity index (χ1) is 6.16. The number of carboxylic acids is 1. The normalized spacial score (nSPS) is 30.3. The summed E-state index contributed by atoms with van der Waals surface area (Å²) in [5, 5.41) is 8.98. The molecule has 2 unspecified atom stereocenters. The van der Waals surface area contributed by atoms with E-state index in [2.05, 4.69) is 6.92 Å². The highest BCUT2D eigenvalue weighted by Crippen LogP contribution is 2.14. The fourth-order valence-corrected chi connectivity index (χ4v) is 1.78. The van der Waals surface area contributed by atoms with Gasteiger partial charge in [0.1, 0.15) is 6.04 Å². The van der Waals surface area contributed by atoms with Gasteiger partial charge in [0.25, 0.3) is 0 Å². The molecule has 1 rings (SSSR count). The van der Waals surface area contributed by atoms with Crippen molar-refractivity contribution in [2.24, 2.45) is 0 Å². The van der Waals surface area contributed by atoms with Crippen LogP contribution >= 0.6 is 0 Å². The molecule has 1 fully saturated rings. The van der Waals surface area contributed by atoms with Crippen LogP contribution in [0.2, 0.25) is 0 Å². The molecule has 0 aromatic rings. The molecule has 1 N–H and O–H groups in total. The van der Waals surface area contributed by atoms with Crippen LogP contribution in [0.15, 0.2) is 0 Å². The SMILES string of the molecule is CCCN1CCOC(C)C1C(=O)O. The summed E-state index contributed by atoms with van der Waals surface area (Å²) < 4.78 is 5.31. The van der Waals surface area contributed by atoms with Gasteiger partial charge >= 0.3 is 5.97 Å². The highest BCUT2D eigenvalue weighted by molar-refractivity contribution is 5.74. The smallest absolute Gasteiger partial charge is 0.323 e. The number of hydrogen-bond donors (Lipinski definition) is 1. The summed E-state index contributed by atoms with van der Waals surface area (Å²) in [7, 11) is 0. The molecule has 0 aliphatic carbocycles. The molecule has 0 aromatic carbocycles. The van der Waals surface area contributed by atoms with Crippen molar-refractivity contribution in [1.29, 1.82) is 0 Å². The van der Waals surface area contributed by atoms with E-state index in [1.54, 1.807) is 0 Å². The van der Waals surface area contributed by atoms with E-state index in [0.717, 1.165) is 19.5 Å². The molecule has 2 atom stereocenters. The van der Waals surface area contributed by atoms with E-state index in [0.29, 0.717) is 6.61 Å². The second-order valence-electron chi connectivity index (χ2n) is 3.39. The van der Waals surface area contributed by atoms with Gasteiger partial charge in [0.2, 0.25) is 0 Å². The number of rotatable bonds is 3. The second kappa shape index (κ2) is 4.58. The first-order valence-corrected chi connectivity index (χ1v) is 4.75. The highest BCUT2D eigenvalue weighted by Gasteiger charge is 2.34. The molecule has 0 amide bonds. The van der Waals surface area contributed by atoms with E-state index >= 15 is 0 Å². The molecule has 0 bridgehead atoms. The van der Waals surface area contributed by atoms with E-state index in [1.807, 2.05) is 11.8 Å². The van der Waals surface area contributed by atoms with Crippen molar-refractivity contribution < 1.29 is 14.6 Å². The number of ether oxygens (including phenoxy) is 1. The molecular formula is C9H17NO3. The Morgan fingerprint density at radius 2 is 2.38 bits per heavy atom. The lowest BCUT2D eigenvalue weighted by molar-refractivity contribution is -0.155. The molecule has 13 heavy (non-hydrogen) atoms. The van der Waals surface area contributed by atoms with Gasteiger partial charge in [-0.15, -0.1) is 0 Å². The first kappa shape index (κ1) is 10.5. The van der Waals surface area contributed by atoms with Gasteiger partial charge in [-0.3, -0.25) is 9.69 Å². The molecule has 4 heteroatoms. The molecule has 1 heterocycles. The fourth-order valence-electron chi connectivity index (χ4n) is 1.78. The van der Waals surface area contributed by atoms with Crippen LogP contribution in [-0.2, 0) is 9.53 Å². The molecule has 0 spiro atoms. The van der Waals surface area contributed by atoms with Crippen molar-refractivity contribution >= 4 is 5.97 Å². The Kier molecular flexibility index (Phi) is 3.69. The molecule has 1 aliphatic rings. The van der Waals surface area contributed by atoms with Crippen LogP contribution in [0.4, 0.5) is 0 Å². The van der Waals surface area contributed by atoms with Crippen molar-refractivity contribution in [2.75, 3.05) is 19.7 Å². The Labute approximate surface area is 78.5 Å². The van der Waals surface area contributed by atoms with E-state index in [-0.39, 0.29) is 6.10 Å². The van der Waals surface area contributed by atoms with Crippen LogP contribution in [0, 0.1) is 0 Å². The minimum Gasteiger partial charge on any atom is -0.480 e. The third-order valence-corrected chi connectivity index (χ3v) is 2.36. The predicted octanol–water partition coefficient (Wildman–Crippen LogP) is 0.570. The molecular weight excluding hydrogens is 170 g/mol. The van der Waals surface area contributed by atoms with E-state index in [4.69, 9.17) is 9.84 Å².